The van der Waals surface area contributed by atoms with Crippen LogP contribution in [-0.4, -0.2) is 42.2 Å². The van der Waals surface area contributed by atoms with Crippen LogP contribution in [-0.2, 0) is 6.54 Å². The first kappa shape index (κ1) is 24.4. The van der Waals surface area contributed by atoms with Crippen LogP contribution in [0.25, 0.3) is 10.9 Å². The number of anilines is 2. The monoisotopic (exact) mass is 486 g/mol. The first-order valence-electron chi connectivity index (χ1n) is 11.4. The van der Waals surface area contributed by atoms with Gasteiger partial charge in [-0.15, -0.1) is 11.8 Å². The second-order valence-electron chi connectivity index (χ2n) is 8.57. The number of hydrogen-bond donors (Lipinski definition) is 3. The quantitative estimate of drug-likeness (QED) is 0.298. The van der Waals surface area contributed by atoms with E-state index in [0.717, 1.165) is 41.0 Å². The highest BCUT2D eigenvalue weighted by Crippen LogP contribution is 2.31. The topological polar surface area (TPSA) is 41.0 Å². The van der Waals surface area contributed by atoms with Gasteiger partial charge in [0.15, 0.2) is 0 Å². The fourth-order valence-electron chi connectivity index (χ4n) is 4.34. The first-order valence-corrected chi connectivity index (χ1v) is 12.6. The lowest BCUT2D eigenvalue weighted by atomic mass is 10.00. The van der Waals surface area contributed by atoms with Crippen LogP contribution in [0.2, 0.25) is 0 Å². The highest BCUT2D eigenvalue weighted by atomic mass is 32.2. The SMILES string of the molecule is CSc1ccc(NCC#Cc2cc3c(NC4CCNC(C)C4)cccc3n2CC(F)(F)F)cc1. The molecule has 1 aliphatic rings. The molecule has 1 aromatic heterocycles. The predicted molar refractivity (Wildman–Crippen MR) is 136 cm³/mol. The Kier molecular flexibility index (Phi) is 7.64. The number of halogens is 3. The second-order valence-corrected chi connectivity index (χ2v) is 9.45. The molecule has 3 N–H and O–H groups in total. The van der Waals surface area contributed by atoms with Crippen LogP contribution >= 0.6 is 11.8 Å². The molecule has 2 unspecified atom stereocenters. The van der Waals surface area contributed by atoms with Gasteiger partial charge < -0.3 is 20.5 Å². The number of fused-ring (bicyclic) bond motifs is 1. The normalized spacial score (nSPS) is 18.4. The summed E-state index contributed by atoms with van der Waals surface area (Å²) in [7, 11) is 0. The third-order valence-electron chi connectivity index (χ3n) is 5.95. The van der Waals surface area contributed by atoms with Gasteiger partial charge in [0.25, 0.3) is 0 Å². The van der Waals surface area contributed by atoms with Crippen LogP contribution < -0.4 is 16.0 Å². The van der Waals surface area contributed by atoms with Crippen LogP contribution in [0.3, 0.4) is 0 Å². The van der Waals surface area contributed by atoms with Crippen molar-refractivity contribution in [1.82, 2.24) is 9.88 Å². The molecule has 180 valence electrons. The van der Waals surface area contributed by atoms with Gasteiger partial charge in [-0.05, 0) is 81.0 Å². The van der Waals surface area contributed by atoms with Gasteiger partial charge in [-0.3, -0.25) is 0 Å². The van der Waals surface area contributed by atoms with E-state index in [4.69, 9.17) is 0 Å². The first-order chi connectivity index (χ1) is 16.3. The lowest BCUT2D eigenvalue weighted by Gasteiger charge is -2.29. The minimum Gasteiger partial charge on any atom is -0.382 e. The average Bonchev–Trinajstić information content (AvgIpc) is 3.14. The van der Waals surface area contributed by atoms with Crippen LogP contribution in [0.15, 0.2) is 53.4 Å². The molecule has 8 heteroatoms. The van der Waals surface area contributed by atoms with E-state index in [2.05, 4.69) is 34.7 Å². The molecular formula is C26H29F3N4S. The number of piperidine rings is 1. The van der Waals surface area contributed by atoms with Crippen LogP contribution in [0.4, 0.5) is 24.5 Å². The van der Waals surface area contributed by atoms with Crippen molar-refractivity contribution in [1.29, 1.82) is 0 Å². The van der Waals surface area contributed by atoms with E-state index in [9.17, 15) is 13.2 Å². The van der Waals surface area contributed by atoms with Crippen molar-refractivity contribution in [2.75, 3.05) is 30.0 Å². The average molecular weight is 487 g/mol. The van der Waals surface area contributed by atoms with E-state index in [-0.39, 0.29) is 6.04 Å². The Morgan fingerprint density at radius 3 is 2.68 bits per heavy atom. The predicted octanol–water partition coefficient (Wildman–Crippen LogP) is 5.94. The molecular weight excluding hydrogens is 457 g/mol. The Labute approximate surface area is 202 Å². The molecule has 0 bridgehead atoms. The molecule has 3 aromatic rings. The smallest absolute Gasteiger partial charge is 0.382 e. The Morgan fingerprint density at radius 1 is 1.18 bits per heavy atom. The molecule has 2 aromatic carbocycles. The Morgan fingerprint density at radius 2 is 1.97 bits per heavy atom. The zero-order valence-electron chi connectivity index (χ0n) is 19.3. The van der Waals surface area contributed by atoms with Gasteiger partial charge in [0, 0.05) is 33.7 Å². The summed E-state index contributed by atoms with van der Waals surface area (Å²) in [5.41, 5.74) is 2.67. The molecule has 2 atom stereocenters. The van der Waals surface area contributed by atoms with Crippen molar-refractivity contribution < 1.29 is 13.2 Å². The zero-order valence-corrected chi connectivity index (χ0v) is 20.1. The van der Waals surface area contributed by atoms with E-state index in [1.807, 2.05) is 36.6 Å². The molecule has 1 aliphatic heterocycles. The molecule has 0 aliphatic carbocycles. The Hall–Kier alpha value is -2.76. The fraction of sp³-hybridized carbons (Fsp3) is 0.385. The van der Waals surface area contributed by atoms with E-state index in [1.165, 1.54) is 4.57 Å². The van der Waals surface area contributed by atoms with Crippen LogP contribution in [0.1, 0.15) is 25.5 Å². The number of benzene rings is 2. The van der Waals surface area contributed by atoms with Crippen molar-refractivity contribution in [3.05, 3.63) is 54.2 Å². The van der Waals surface area contributed by atoms with Gasteiger partial charge >= 0.3 is 6.18 Å². The summed E-state index contributed by atoms with van der Waals surface area (Å²) in [5, 5.41) is 11.0. The maximum absolute atomic E-state index is 13.4. The van der Waals surface area contributed by atoms with Crippen molar-refractivity contribution in [3.63, 3.8) is 0 Å². The zero-order chi connectivity index (χ0) is 24.1. The summed E-state index contributed by atoms with van der Waals surface area (Å²) in [6.45, 7) is 2.34. The molecule has 1 saturated heterocycles. The van der Waals surface area contributed by atoms with Crippen molar-refractivity contribution in [2.24, 2.45) is 0 Å². The number of nitrogens with zero attached hydrogens (tertiary/aromatic N) is 1. The van der Waals surface area contributed by atoms with E-state index >= 15 is 0 Å². The molecule has 0 amide bonds. The largest absolute Gasteiger partial charge is 0.406 e. The molecule has 2 heterocycles. The molecule has 4 nitrogen and oxygen atoms in total. The number of thioether (sulfide) groups is 1. The molecule has 0 spiro atoms. The number of nitrogens with one attached hydrogen (secondary N) is 3. The summed E-state index contributed by atoms with van der Waals surface area (Å²) in [5.74, 6) is 5.95. The minimum atomic E-state index is -4.34. The van der Waals surface area contributed by atoms with E-state index in [1.54, 1.807) is 30.0 Å². The Balaban J connectivity index is 1.58. The number of alkyl halides is 3. The molecule has 0 radical (unpaired) electrons. The maximum Gasteiger partial charge on any atom is 0.406 e. The second kappa shape index (κ2) is 10.7. The highest BCUT2D eigenvalue weighted by Gasteiger charge is 2.30. The minimum absolute atomic E-state index is 0.282. The summed E-state index contributed by atoms with van der Waals surface area (Å²) in [4.78, 5) is 1.16. The maximum atomic E-state index is 13.4. The summed E-state index contributed by atoms with van der Waals surface area (Å²) in [6.07, 6.45) is -0.383. The lowest BCUT2D eigenvalue weighted by molar-refractivity contribution is -0.140. The van der Waals surface area contributed by atoms with E-state index in [0.29, 0.717) is 23.8 Å². The van der Waals surface area contributed by atoms with Crippen molar-refractivity contribution >= 4 is 34.0 Å². The summed E-state index contributed by atoms with van der Waals surface area (Å²) in [6, 6.07) is 15.9. The van der Waals surface area contributed by atoms with Crippen LogP contribution in [0.5, 0.6) is 0 Å². The molecule has 1 fully saturated rings. The van der Waals surface area contributed by atoms with Crippen molar-refractivity contribution in [3.8, 4) is 11.8 Å². The lowest BCUT2D eigenvalue weighted by Crippen LogP contribution is -2.41. The molecule has 34 heavy (non-hydrogen) atoms. The number of rotatable bonds is 6. The third-order valence-corrected chi connectivity index (χ3v) is 6.70. The van der Waals surface area contributed by atoms with Gasteiger partial charge in [0.05, 0.1) is 17.8 Å². The Bertz CT molecular complexity index is 1170. The van der Waals surface area contributed by atoms with Crippen molar-refractivity contribution in [2.45, 2.75) is 49.5 Å². The number of aromatic nitrogens is 1. The molecule has 4 rings (SSSR count). The fourth-order valence-corrected chi connectivity index (χ4v) is 4.74. The third kappa shape index (κ3) is 6.22. The van der Waals surface area contributed by atoms with E-state index < -0.39 is 12.7 Å². The number of hydrogen-bond acceptors (Lipinski definition) is 4. The van der Waals surface area contributed by atoms with Gasteiger partial charge in [-0.2, -0.15) is 13.2 Å². The van der Waals surface area contributed by atoms with Gasteiger partial charge in [0.2, 0.25) is 0 Å². The highest BCUT2D eigenvalue weighted by molar-refractivity contribution is 7.98. The van der Waals surface area contributed by atoms with Gasteiger partial charge in [-0.25, -0.2) is 0 Å². The summed E-state index contributed by atoms with van der Waals surface area (Å²) < 4.78 is 41.5. The summed E-state index contributed by atoms with van der Waals surface area (Å²) >= 11 is 1.66. The van der Waals surface area contributed by atoms with Crippen LogP contribution in [0, 0.1) is 11.8 Å². The standard InChI is InChI=1S/C26H29F3N4S/c1-18-15-20(12-14-30-18)32-24-6-3-7-25-23(24)16-21(33(25)17-26(27,28)29)5-4-13-31-19-8-10-22(34-2)11-9-19/h3,6-11,16,18,20,30-32H,12-15,17H2,1-2H3. The molecule has 0 saturated carbocycles. The van der Waals surface area contributed by atoms with Gasteiger partial charge in [0.1, 0.15) is 6.54 Å². The van der Waals surface area contributed by atoms with Gasteiger partial charge in [-0.1, -0.05) is 12.0 Å².